The fourth-order valence-electron chi connectivity index (χ4n) is 2.01. The Bertz CT molecular complexity index is 198. The molecule has 2 atom stereocenters. The average molecular weight is 151 g/mol. The molecule has 1 aliphatic carbocycles. The van der Waals surface area contributed by atoms with Crippen molar-refractivity contribution in [1.82, 2.24) is 5.32 Å². The number of hydrogen-bond donors (Lipinski definition) is 1. The molecule has 1 amide bonds. The smallest absolute Gasteiger partial charge is 0.223 e. The molecule has 0 aromatic carbocycles. The fraction of sp³-hybridized carbons (Fsp3) is 0.667. The van der Waals surface area contributed by atoms with Gasteiger partial charge in [0, 0.05) is 12.5 Å². The minimum absolute atomic E-state index is 0.269. The van der Waals surface area contributed by atoms with Gasteiger partial charge in [0.25, 0.3) is 0 Å². The third kappa shape index (κ3) is 1.17. The SMILES string of the molecule is O=C1NCC[C@H]2C=CCC[C@@H]12. The van der Waals surface area contributed by atoms with Gasteiger partial charge in [-0.25, -0.2) is 0 Å². The molecule has 60 valence electrons. The molecular formula is C9H13NO. The zero-order valence-electron chi connectivity index (χ0n) is 6.55. The molecule has 2 heteroatoms. The Hall–Kier alpha value is -0.790. The van der Waals surface area contributed by atoms with Crippen LogP contribution in [0.4, 0.5) is 0 Å². The van der Waals surface area contributed by atoms with E-state index in [4.69, 9.17) is 0 Å². The van der Waals surface area contributed by atoms with Crippen molar-refractivity contribution in [3.8, 4) is 0 Å². The highest BCUT2D eigenvalue weighted by molar-refractivity contribution is 5.80. The largest absolute Gasteiger partial charge is 0.356 e. The van der Waals surface area contributed by atoms with Crippen LogP contribution in [0.25, 0.3) is 0 Å². The second-order valence-corrected chi connectivity index (χ2v) is 3.36. The Kier molecular flexibility index (Phi) is 1.68. The second kappa shape index (κ2) is 2.68. The molecule has 0 saturated carbocycles. The Morgan fingerprint density at radius 3 is 3.18 bits per heavy atom. The lowest BCUT2D eigenvalue weighted by atomic mass is 9.79. The van der Waals surface area contributed by atoms with Gasteiger partial charge in [-0.3, -0.25) is 4.79 Å². The summed E-state index contributed by atoms with van der Waals surface area (Å²) in [5, 5.41) is 2.91. The summed E-state index contributed by atoms with van der Waals surface area (Å²) in [6.45, 7) is 0.865. The van der Waals surface area contributed by atoms with E-state index in [9.17, 15) is 4.79 Å². The molecule has 1 N–H and O–H groups in total. The van der Waals surface area contributed by atoms with E-state index < -0.39 is 0 Å². The van der Waals surface area contributed by atoms with E-state index in [1.807, 2.05) is 0 Å². The number of fused-ring (bicyclic) bond motifs is 1. The third-order valence-corrected chi connectivity index (χ3v) is 2.66. The first-order chi connectivity index (χ1) is 5.38. The van der Waals surface area contributed by atoms with Crippen LogP contribution in [0.3, 0.4) is 0 Å². The van der Waals surface area contributed by atoms with Crippen LogP contribution < -0.4 is 5.32 Å². The van der Waals surface area contributed by atoms with Crippen molar-refractivity contribution in [3.05, 3.63) is 12.2 Å². The molecule has 1 saturated heterocycles. The monoisotopic (exact) mass is 151 g/mol. The molecule has 0 aromatic heterocycles. The minimum atomic E-state index is 0.269. The summed E-state index contributed by atoms with van der Waals surface area (Å²) in [6, 6.07) is 0. The van der Waals surface area contributed by atoms with Gasteiger partial charge in [0.1, 0.15) is 0 Å². The van der Waals surface area contributed by atoms with Gasteiger partial charge in [-0.15, -0.1) is 0 Å². The Balaban J connectivity index is 2.15. The van der Waals surface area contributed by atoms with Crippen LogP contribution >= 0.6 is 0 Å². The summed E-state index contributed by atoms with van der Waals surface area (Å²) >= 11 is 0. The summed E-state index contributed by atoms with van der Waals surface area (Å²) in [5.41, 5.74) is 0. The molecule has 2 nitrogen and oxygen atoms in total. The predicted octanol–water partition coefficient (Wildman–Crippen LogP) is 1.09. The maximum absolute atomic E-state index is 11.3. The highest BCUT2D eigenvalue weighted by Gasteiger charge is 2.30. The summed E-state index contributed by atoms with van der Waals surface area (Å²) < 4.78 is 0. The van der Waals surface area contributed by atoms with Crippen molar-refractivity contribution >= 4 is 5.91 Å². The van der Waals surface area contributed by atoms with Gasteiger partial charge in [-0.2, -0.15) is 0 Å². The van der Waals surface area contributed by atoms with E-state index in [1.54, 1.807) is 0 Å². The number of piperidine rings is 1. The normalized spacial score (nSPS) is 36.2. The van der Waals surface area contributed by atoms with Crippen molar-refractivity contribution in [1.29, 1.82) is 0 Å². The first kappa shape index (κ1) is 6.89. The van der Waals surface area contributed by atoms with E-state index in [1.165, 1.54) is 0 Å². The number of amides is 1. The van der Waals surface area contributed by atoms with Crippen molar-refractivity contribution in [2.75, 3.05) is 6.54 Å². The zero-order chi connectivity index (χ0) is 7.68. The molecule has 1 heterocycles. The zero-order valence-corrected chi connectivity index (χ0v) is 6.55. The molecular weight excluding hydrogens is 138 g/mol. The molecule has 2 aliphatic rings. The number of nitrogens with one attached hydrogen (secondary N) is 1. The van der Waals surface area contributed by atoms with Crippen LogP contribution in [0.5, 0.6) is 0 Å². The van der Waals surface area contributed by atoms with Crippen LogP contribution in [0.15, 0.2) is 12.2 Å². The summed E-state index contributed by atoms with van der Waals surface area (Å²) in [7, 11) is 0. The van der Waals surface area contributed by atoms with Crippen LogP contribution in [-0.4, -0.2) is 12.5 Å². The lowest BCUT2D eigenvalue weighted by molar-refractivity contribution is -0.128. The van der Waals surface area contributed by atoms with Gasteiger partial charge < -0.3 is 5.32 Å². The van der Waals surface area contributed by atoms with Crippen LogP contribution in [0, 0.1) is 11.8 Å². The van der Waals surface area contributed by atoms with Crippen molar-refractivity contribution in [2.45, 2.75) is 19.3 Å². The fourth-order valence-corrected chi connectivity index (χ4v) is 2.01. The summed E-state index contributed by atoms with van der Waals surface area (Å²) in [6.07, 6.45) is 7.68. The molecule has 0 spiro atoms. The van der Waals surface area contributed by atoms with E-state index in [2.05, 4.69) is 17.5 Å². The minimum Gasteiger partial charge on any atom is -0.356 e. The van der Waals surface area contributed by atoms with Gasteiger partial charge in [-0.1, -0.05) is 12.2 Å². The molecule has 0 radical (unpaired) electrons. The molecule has 1 aliphatic heterocycles. The van der Waals surface area contributed by atoms with Crippen LogP contribution in [-0.2, 0) is 4.79 Å². The van der Waals surface area contributed by atoms with Gasteiger partial charge in [0.05, 0.1) is 0 Å². The first-order valence-corrected chi connectivity index (χ1v) is 4.32. The molecule has 2 rings (SSSR count). The topological polar surface area (TPSA) is 29.1 Å². The standard InChI is InChI=1S/C9H13NO/c11-9-8-4-2-1-3-7(8)5-6-10-9/h1,3,7-8H,2,4-6H2,(H,10,11)/t7-,8-/m1/s1. The van der Waals surface area contributed by atoms with Gasteiger partial charge in [0.15, 0.2) is 0 Å². The van der Waals surface area contributed by atoms with Gasteiger partial charge in [0.2, 0.25) is 5.91 Å². The van der Waals surface area contributed by atoms with Crippen LogP contribution in [0.1, 0.15) is 19.3 Å². The lowest BCUT2D eigenvalue weighted by Gasteiger charge is -2.31. The third-order valence-electron chi connectivity index (χ3n) is 2.66. The van der Waals surface area contributed by atoms with E-state index in [-0.39, 0.29) is 11.8 Å². The van der Waals surface area contributed by atoms with Crippen molar-refractivity contribution in [2.24, 2.45) is 11.8 Å². The van der Waals surface area contributed by atoms with Crippen molar-refractivity contribution < 1.29 is 4.79 Å². The van der Waals surface area contributed by atoms with E-state index in [0.717, 1.165) is 25.8 Å². The number of rotatable bonds is 0. The molecule has 0 aromatic rings. The first-order valence-electron chi connectivity index (χ1n) is 4.32. The van der Waals surface area contributed by atoms with Crippen molar-refractivity contribution in [3.63, 3.8) is 0 Å². The Labute approximate surface area is 66.7 Å². The highest BCUT2D eigenvalue weighted by Crippen LogP contribution is 2.29. The van der Waals surface area contributed by atoms with E-state index >= 15 is 0 Å². The maximum atomic E-state index is 11.3. The predicted molar refractivity (Wildman–Crippen MR) is 43.0 cm³/mol. The summed E-state index contributed by atoms with van der Waals surface area (Å²) in [5.74, 6) is 1.09. The highest BCUT2D eigenvalue weighted by atomic mass is 16.1. The quantitative estimate of drug-likeness (QED) is 0.516. The Morgan fingerprint density at radius 2 is 2.36 bits per heavy atom. The second-order valence-electron chi connectivity index (χ2n) is 3.36. The Morgan fingerprint density at radius 1 is 1.45 bits per heavy atom. The number of carbonyl (C=O) groups is 1. The maximum Gasteiger partial charge on any atom is 0.223 e. The van der Waals surface area contributed by atoms with Crippen LogP contribution in [0.2, 0.25) is 0 Å². The number of allylic oxidation sites excluding steroid dienone is 2. The molecule has 11 heavy (non-hydrogen) atoms. The van der Waals surface area contributed by atoms with Gasteiger partial charge in [-0.05, 0) is 25.2 Å². The summed E-state index contributed by atoms with van der Waals surface area (Å²) in [4.78, 5) is 11.3. The lowest BCUT2D eigenvalue weighted by Crippen LogP contribution is -2.42. The number of hydrogen-bond acceptors (Lipinski definition) is 1. The molecule has 0 unspecified atom stereocenters. The van der Waals surface area contributed by atoms with Gasteiger partial charge >= 0.3 is 0 Å². The molecule has 1 fully saturated rings. The molecule has 0 bridgehead atoms. The average Bonchev–Trinajstić information content (AvgIpc) is 2.06. The number of carbonyl (C=O) groups excluding carboxylic acids is 1. The van der Waals surface area contributed by atoms with E-state index in [0.29, 0.717) is 5.92 Å².